The molecule has 2 heterocycles. The number of carbonyl (C=O) groups is 3. The molecule has 1 spiro atoms. The summed E-state index contributed by atoms with van der Waals surface area (Å²) in [6.45, 7) is 0.206. The zero-order chi connectivity index (χ0) is 19.7. The Morgan fingerprint density at radius 1 is 0.857 bits per heavy atom. The summed E-state index contributed by atoms with van der Waals surface area (Å²) in [6, 6.07) is 19.7. The van der Waals surface area contributed by atoms with Gasteiger partial charge in [-0.25, -0.2) is 0 Å². The lowest BCUT2D eigenvalue weighted by Crippen LogP contribution is -2.45. The molecule has 0 radical (unpaired) electrons. The van der Waals surface area contributed by atoms with Gasteiger partial charge in [0.2, 0.25) is 5.91 Å². The summed E-state index contributed by atoms with van der Waals surface area (Å²) in [5, 5.41) is 21.9. The molecule has 7 nitrogen and oxygen atoms in total. The molecule has 1 saturated carbocycles. The van der Waals surface area contributed by atoms with Crippen LogP contribution in [0.1, 0.15) is 11.1 Å². The maximum Gasteiger partial charge on any atom is 0.250 e. The van der Waals surface area contributed by atoms with E-state index >= 15 is 0 Å². The molecule has 1 aliphatic carbocycles. The first-order chi connectivity index (χ1) is 13.5. The fourth-order valence-electron chi connectivity index (χ4n) is 5.07. The lowest BCUT2D eigenvalue weighted by molar-refractivity contribution is -0.134. The number of hydrogen-bond acceptors (Lipinski definition) is 5. The van der Waals surface area contributed by atoms with Gasteiger partial charge in [0.05, 0.1) is 18.7 Å². The van der Waals surface area contributed by atoms with Gasteiger partial charge in [0.25, 0.3) is 11.8 Å². The van der Waals surface area contributed by atoms with Crippen LogP contribution in [0.4, 0.5) is 5.69 Å². The van der Waals surface area contributed by atoms with Gasteiger partial charge in [0, 0.05) is 5.69 Å². The van der Waals surface area contributed by atoms with Crippen LogP contribution in [0.25, 0.3) is 0 Å². The Morgan fingerprint density at radius 3 is 2.04 bits per heavy atom. The molecule has 2 atom stereocenters. The van der Waals surface area contributed by atoms with E-state index < -0.39 is 34.0 Å². The molecule has 2 fully saturated rings. The number of nitrogens with one attached hydrogen (secondary N) is 1. The number of rotatable bonds is 2. The molecular formula is C21H12N4O3. The highest BCUT2D eigenvalue weighted by Crippen LogP contribution is 2.83. The van der Waals surface area contributed by atoms with Gasteiger partial charge in [-0.3, -0.25) is 19.7 Å². The number of piperidine rings is 1. The van der Waals surface area contributed by atoms with Gasteiger partial charge in [0.1, 0.15) is 5.41 Å². The van der Waals surface area contributed by atoms with Crippen molar-refractivity contribution in [3.63, 3.8) is 0 Å². The molecule has 1 saturated heterocycles. The predicted molar refractivity (Wildman–Crippen MR) is 95.0 cm³/mol. The van der Waals surface area contributed by atoms with E-state index in [-0.39, 0.29) is 6.54 Å². The maximum atomic E-state index is 13.7. The highest BCUT2D eigenvalue weighted by Gasteiger charge is 3.04. The van der Waals surface area contributed by atoms with Crippen LogP contribution in [0.5, 0.6) is 0 Å². The van der Waals surface area contributed by atoms with E-state index in [0.29, 0.717) is 11.3 Å². The molecule has 0 bridgehead atoms. The van der Waals surface area contributed by atoms with E-state index in [1.165, 1.54) is 4.90 Å². The third kappa shape index (κ3) is 1.32. The standard InChI is InChI=1S/C21H12N4O3/c22-11-19-16(26)24-17(27)20(19,12-23)21(19)14-8-4-5-9-15(14)25(18(21)28)10-13-6-2-1-3-7-13/h1-9H,10H2,(H,24,26,27). The number of para-hydroxylation sites is 1. The SMILES string of the molecule is N#CC12C(=O)NC(=O)C1(C#N)C21C(=O)N(Cc2ccccc2)c2ccccc21. The van der Waals surface area contributed by atoms with E-state index in [2.05, 4.69) is 5.32 Å². The first-order valence-electron chi connectivity index (χ1n) is 8.66. The summed E-state index contributed by atoms with van der Waals surface area (Å²) in [7, 11) is 0. The predicted octanol–water partition coefficient (Wildman–Crippen LogP) is 1.16. The number of amides is 3. The van der Waals surface area contributed by atoms with Crippen LogP contribution in [0, 0.1) is 33.5 Å². The average molecular weight is 368 g/mol. The molecule has 2 unspecified atom stereocenters. The van der Waals surface area contributed by atoms with E-state index in [0.717, 1.165) is 5.56 Å². The van der Waals surface area contributed by atoms with E-state index in [1.807, 2.05) is 42.5 Å². The second kappa shape index (κ2) is 4.85. The Bertz CT molecular complexity index is 1140. The quantitative estimate of drug-likeness (QED) is 0.799. The molecule has 28 heavy (non-hydrogen) atoms. The molecule has 3 amide bonds. The number of fused-ring (bicyclic) bond motifs is 5. The molecular weight excluding hydrogens is 356 g/mol. The molecule has 0 aromatic heterocycles. The monoisotopic (exact) mass is 368 g/mol. The van der Waals surface area contributed by atoms with Crippen LogP contribution in [0.3, 0.4) is 0 Å². The van der Waals surface area contributed by atoms with Crippen LogP contribution in [0.15, 0.2) is 54.6 Å². The summed E-state index contributed by atoms with van der Waals surface area (Å²) < 4.78 is 0. The number of nitrogens with zero attached hydrogens (tertiary/aromatic N) is 3. The Labute approximate surface area is 159 Å². The van der Waals surface area contributed by atoms with E-state index in [1.54, 1.807) is 24.3 Å². The molecule has 1 N–H and O–H groups in total. The highest BCUT2D eigenvalue weighted by molar-refractivity contribution is 6.31. The van der Waals surface area contributed by atoms with Crippen LogP contribution < -0.4 is 10.2 Å². The molecule has 2 aromatic carbocycles. The second-order valence-electron chi connectivity index (χ2n) is 7.15. The van der Waals surface area contributed by atoms with Gasteiger partial charge in [-0.05, 0) is 17.2 Å². The van der Waals surface area contributed by atoms with Crippen molar-refractivity contribution < 1.29 is 14.4 Å². The lowest BCUT2D eigenvalue weighted by Gasteiger charge is -2.20. The molecule has 2 aliphatic heterocycles. The molecule has 5 rings (SSSR count). The Kier molecular flexibility index (Phi) is 2.81. The van der Waals surface area contributed by atoms with E-state index in [4.69, 9.17) is 0 Å². The molecule has 7 heteroatoms. The zero-order valence-electron chi connectivity index (χ0n) is 14.5. The van der Waals surface area contributed by atoms with Gasteiger partial charge < -0.3 is 4.90 Å². The Hall–Kier alpha value is -3.97. The molecule has 3 aliphatic rings. The van der Waals surface area contributed by atoms with Crippen molar-refractivity contribution in [2.75, 3.05) is 4.90 Å². The number of hydrogen-bond donors (Lipinski definition) is 1. The van der Waals surface area contributed by atoms with Gasteiger partial charge in [-0.15, -0.1) is 0 Å². The minimum absolute atomic E-state index is 0.206. The van der Waals surface area contributed by atoms with E-state index in [9.17, 15) is 24.9 Å². The third-order valence-electron chi connectivity index (χ3n) is 6.22. The average Bonchev–Trinajstić information content (AvgIpc) is 3.11. The fraction of sp³-hybridized carbons (Fsp3) is 0.190. The van der Waals surface area contributed by atoms with Crippen molar-refractivity contribution in [2.45, 2.75) is 12.0 Å². The minimum Gasteiger partial charge on any atom is -0.307 e. The van der Waals surface area contributed by atoms with Crippen molar-refractivity contribution in [2.24, 2.45) is 10.8 Å². The first-order valence-corrected chi connectivity index (χ1v) is 8.66. The number of carbonyl (C=O) groups excluding carboxylic acids is 3. The largest absolute Gasteiger partial charge is 0.307 e. The number of benzene rings is 2. The van der Waals surface area contributed by atoms with Crippen LogP contribution >= 0.6 is 0 Å². The topological polar surface area (TPSA) is 114 Å². The number of anilines is 1. The Balaban J connectivity index is 1.76. The van der Waals surface area contributed by atoms with Crippen molar-refractivity contribution >= 4 is 23.4 Å². The van der Waals surface area contributed by atoms with Gasteiger partial charge in [-0.1, -0.05) is 48.5 Å². The summed E-state index contributed by atoms with van der Waals surface area (Å²) in [6.07, 6.45) is 0. The van der Waals surface area contributed by atoms with Crippen LogP contribution in [-0.2, 0) is 26.3 Å². The highest BCUT2D eigenvalue weighted by atomic mass is 16.2. The Morgan fingerprint density at radius 2 is 1.43 bits per heavy atom. The van der Waals surface area contributed by atoms with Crippen molar-refractivity contribution in [1.82, 2.24) is 5.32 Å². The third-order valence-corrected chi connectivity index (χ3v) is 6.22. The minimum atomic E-state index is -2.05. The summed E-state index contributed by atoms with van der Waals surface area (Å²) >= 11 is 0. The van der Waals surface area contributed by atoms with Crippen molar-refractivity contribution in [3.8, 4) is 12.1 Å². The van der Waals surface area contributed by atoms with Gasteiger partial charge in [0.15, 0.2) is 10.8 Å². The van der Waals surface area contributed by atoms with Gasteiger partial charge in [-0.2, -0.15) is 10.5 Å². The summed E-state index contributed by atoms with van der Waals surface area (Å²) in [5.41, 5.74) is -4.18. The smallest absolute Gasteiger partial charge is 0.250 e. The van der Waals surface area contributed by atoms with Gasteiger partial charge >= 0.3 is 0 Å². The zero-order valence-corrected chi connectivity index (χ0v) is 14.5. The van der Waals surface area contributed by atoms with Crippen LogP contribution in [-0.4, -0.2) is 17.7 Å². The maximum absolute atomic E-state index is 13.7. The fourth-order valence-corrected chi connectivity index (χ4v) is 5.07. The second-order valence-corrected chi connectivity index (χ2v) is 7.15. The summed E-state index contributed by atoms with van der Waals surface area (Å²) in [5.74, 6) is -2.33. The first kappa shape index (κ1) is 16.2. The normalized spacial score (nSPS) is 31.8. The molecule has 134 valence electrons. The summed E-state index contributed by atoms with van der Waals surface area (Å²) in [4.78, 5) is 40.4. The van der Waals surface area contributed by atoms with Crippen molar-refractivity contribution in [1.29, 1.82) is 10.5 Å². The number of imide groups is 1. The van der Waals surface area contributed by atoms with Crippen LogP contribution in [0.2, 0.25) is 0 Å². The molecule has 2 aromatic rings. The van der Waals surface area contributed by atoms with Crippen molar-refractivity contribution in [3.05, 3.63) is 65.7 Å². The number of nitriles is 2. The lowest BCUT2D eigenvalue weighted by atomic mass is 9.84.